The molecular formula is C19H17F3N4O2. The number of hydrogen-bond donors (Lipinski definition) is 0. The van der Waals surface area contributed by atoms with Crippen LogP contribution in [-0.4, -0.2) is 33.0 Å². The van der Waals surface area contributed by atoms with Crippen LogP contribution >= 0.6 is 0 Å². The molecule has 0 unspecified atom stereocenters. The zero-order chi connectivity index (χ0) is 20.1. The number of carbonyl (C=O) groups excluding carboxylic acids is 1. The topological polar surface area (TPSA) is 72.1 Å². The molecule has 0 aliphatic rings. The Labute approximate surface area is 159 Å². The fourth-order valence-electron chi connectivity index (χ4n) is 2.65. The van der Waals surface area contributed by atoms with Gasteiger partial charge in [-0.2, -0.15) is 18.2 Å². The maximum atomic E-state index is 13.1. The van der Waals surface area contributed by atoms with Crippen molar-refractivity contribution in [3.8, 4) is 11.4 Å². The first-order chi connectivity index (χ1) is 13.3. The first-order valence-corrected chi connectivity index (χ1v) is 8.46. The number of halogens is 3. The van der Waals surface area contributed by atoms with Crippen LogP contribution in [0.2, 0.25) is 0 Å². The summed E-state index contributed by atoms with van der Waals surface area (Å²) in [6, 6.07) is 8.73. The highest BCUT2D eigenvalue weighted by molar-refractivity contribution is 5.76. The van der Waals surface area contributed by atoms with Gasteiger partial charge in [0, 0.05) is 44.4 Å². The summed E-state index contributed by atoms with van der Waals surface area (Å²) < 4.78 is 44.4. The minimum Gasteiger partial charge on any atom is -0.341 e. The molecule has 0 N–H and O–H groups in total. The highest BCUT2D eigenvalue weighted by Gasteiger charge is 2.33. The van der Waals surface area contributed by atoms with Crippen LogP contribution in [0.3, 0.4) is 0 Å². The van der Waals surface area contributed by atoms with Crippen LogP contribution in [0, 0.1) is 0 Å². The molecule has 2 heterocycles. The second-order valence-corrected chi connectivity index (χ2v) is 6.16. The minimum atomic E-state index is -4.47. The SMILES string of the molecule is CN(Cc1ccccc1C(F)(F)F)C(=O)CCc1nc(-c2cccnc2)no1. The van der Waals surface area contributed by atoms with Gasteiger partial charge in [-0.1, -0.05) is 23.4 Å². The summed E-state index contributed by atoms with van der Waals surface area (Å²) in [4.78, 5) is 21.7. The third-order valence-corrected chi connectivity index (χ3v) is 4.10. The van der Waals surface area contributed by atoms with Gasteiger partial charge in [-0.05, 0) is 23.8 Å². The van der Waals surface area contributed by atoms with E-state index in [4.69, 9.17) is 4.52 Å². The highest BCUT2D eigenvalue weighted by Crippen LogP contribution is 2.32. The number of carbonyl (C=O) groups is 1. The van der Waals surface area contributed by atoms with Gasteiger partial charge in [0.05, 0.1) is 5.56 Å². The molecule has 0 aliphatic carbocycles. The van der Waals surface area contributed by atoms with Gasteiger partial charge in [-0.25, -0.2) is 0 Å². The summed E-state index contributed by atoms with van der Waals surface area (Å²) in [5.41, 5.74) is -0.0140. The Balaban J connectivity index is 1.59. The number of hydrogen-bond acceptors (Lipinski definition) is 5. The number of nitrogens with zero attached hydrogens (tertiary/aromatic N) is 4. The van der Waals surface area contributed by atoms with Crippen molar-refractivity contribution < 1.29 is 22.5 Å². The predicted molar refractivity (Wildman–Crippen MR) is 93.8 cm³/mol. The molecule has 1 aromatic carbocycles. The van der Waals surface area contributed by atoms with E-state index >= 15 is 0 Å². The van der Waals surface area contributed by atoms with Crippen LogP contribution in [0.5, 0.6) is 0 Å². The fourth-order valence-corrected chi connectivity index (χ4v) is 2.65. The molecule has 3 rings (SSSR count). The summed E-state index contributed by atoms with van der Waals surface area (Å²) in [6.07, 6.45) is -1.02. The van der Waals surface area contributed by atoms with Gasteiger partial charge in [-0.3, -0.25) is 9.78 Å². The Morgan fingerprint density at radius 3 is 2.68 bits per heavy atom. The Bertz CT molecular complexity index is 942. The Morgan fingerprint density at radius 2 is 1.96 bits per heavy atom. The number of benzene rings is 1. The molecule has 28 heavy (non-hydrogen) atoms. The summed E-state index contributed by atoms with van der Waals surface area (Å²) in [7, 11) is 1.46. The average molecular weight is 390 g/mol. The van der Waals surface area contributed by atoms with Crippen molar-refractivity contribution in [1.29, 1.82) is 0 Å². The van der Waals surface area contributed by atoms with Crippen molar-refractivity contribution >= 4 is 5.91 Å². The van der Waals surface area contributed by atoms with Crippen molar-refractivity contribution in [1.82, 2.24) is 20.0 Å². The van der Waals surface area contributed by atoms with Gasteiger partial charge in [0.1, 0.15) is 0 Å². The van der Waals surface area contributed by atoms with E-state index in [9.17, 15) is 18.0 Å². The summed E-state index contributed by atoms with van der Waals surface area (Å²) in [6.45, 7) is -0.140. The van der Waals surface area contributed by atoms with Crippen molar-refractivity contribution in [3.63, 3.8) is 0 Å². The zero-order valence-electron chi connectivity index (χ0n) is 15.0. The zero-order valence-corrected chi connectivity index (χ0v) is 15.0. The largest absolute Gasteiger partial charge is 0.416 e. The van der Waals surface area contributed by atoms with Gasteiger partial charge in [0.25, 0.3) is 0 Å². The second-order valence-electron chi connectivity index (χ2n) is 6.16. The quantitative estimate of drug-likeness (QED) is 0.641. The third kappa shape index (κ3) is 4.73. The van der Waals surface area contributed by atoms with E-state index in [0.717, 1.165) is 6.07 Å². The van der Waals surface area contributed by atoms with Crippen LogP contribution in [0.25, 0.3) is 11.4 Å². The van der Waals surface area contributed by atoms with Crippen LogP contribution in [0.1, 0.15) is 23.4 Å². The standard InChI is InChI=1S/C19H17F3N4O2/c1-26(12-14-5-2-3-7-15(14)19(20,21)22)17(27)9-8-16-24-18(25-28-16)13-6-4-10-23-11-13/h2-7,10-11H,8-9,12H2,1H3. The molecule has 146 valence electrons. The van der Waals surface area contributed by atoms with Gasteiger partial charge >= 0.3 is 6.18 Å². The molecule has 6 nitrogen and oxygen atoms in total. The van der Waals surface area contributed by atoms with Crippen LogP contribution < -0.4 is 0 Å². The Morgan fingerprint density at radius 1 is 1.18 bits per heavy atom. The molecule has 2 aromatic heterocycles. The smallest absolute Gasteiger partial charge is 0.341 e. The molecule has 0 saturated carbocycles. The van der Waals surface area contributed by atoms with Crippen molar-refractivity contribution in [2.75, 3.05) is 7.05 Å². The van der Waals surface area contributed by atoms with Crippen molar-refractivity contribution in [2.45, 2.75) is 25.6 Å². The normalized spacial score (nSPS) is 11.4. The predicted octanol–water partition coefficient (Wildman–Crippen LogP) is 3.74. The summed E-state index contributed by atoms with van der Waals surface area (Å²) in [5, 5.41) is 3.84. The molecule has 3 aromatic rings. The summed E-state index contributed by atoms with van der Waals surface area (Å²) in [5.74, 6) is 0.317. The van der Waals surface area contributed by atoms with Crippen LogP contribution in [0.4, 0.5) is 13.2 Å². The van der Waals surface area contributed by atoms with Crippen molar-refractivity contribution in [2.24, 2.45) is 0 Å². The number of aromatic nitrogens is 3. The molecule has 0 spiro atoms. The maximum absolute atomic E-state index is 13.1. The van der Waals surface area contributed by atoms with Gasteiger partial charge in [-0.15, -0.1) is 0 Å². The monoisotopic (exact) mass is 390 g/mol. The van der Waals surface area contributed by atoms with E-state index in [1.54, 1.807) is 24.5 Å². The number of amides is 1. The third-order valence-electron chi connectivity index (χ3n) is 4.10. The van der Waals surface area contributed by atoms with Gasteiger partial charge < -0.3 is 9.42 Å². The lowest BCUT2D eigenvalue weighted by Crippen LogP contribution is -2.27. The molecule has 0 saturated heterocycles. The Hall–Kier alpha value is -3.23. The van der Waals surface area contributed by atoms with Gasteiger partial charge in [0.15, 0.2) is 0 Å². The molecule has 0 fully saturated rings. The van der Waals surface area contributed by atoms with Crippen LogP contribution in [-0.2, 0) is 23.9 Å². The molecule has 1 amide bonds. The van der Waals surface area contributed by atoms with Gasteiger partial charge in [0.2, 0.25) is 17.6 Å². The average Bonchev–Trinajstić information content (AvgIpc) is 3.15. The lowest BCUT2D eigenvalue weighted by Gasteiger charge is -2.20. The van der Waals surface area contributed by atoms with Crippen molar-refractivity contribution in [3.05, 3.63) is 65.8 Å². The number of alkyl halides is 3. The Kier molecular flexibility index (Phi) is 5.72. The number of pyridine rings is 1. The van der Waals surface area contributed by atoms with E-state index in [1.807, 2.05) is 0 Å². The summed E-state index contributed by atoms with van der Waals surface area (Å²) >= 11 is 0. The lowest BCUT2D eigenvalue weighted by molar-refractivity contribution is -0.139. The fraction of sp³-hybridized carbons (Fsp3) is 0.263. The molecule has 0 bridgehead atoms. The van der Waals surface area contributed by atoms with Crippen LogP contribution in [0.15, 0.2) is 53.3 Å². The molecule has 0 radical (unpaired) electrons. The molecule has 0 aliphatic heterocycles. The van der Waals surface area contributed by atoms with E-state index in [1.165, 1.54) is 30.1 Å². The van der Waals surface area contributed by atoms with E-state index in [2.05, 4.69) is 15.1 Å². The maximum Gasteiger partial charge on any atom is 0.416 e. The first kappa shape index (κ1) is 19.5. The first-order valence-electron chi connectivity index (χ1n) is 8.46. The number of rotatable bonds is 6. The molecule has 0 atom stereocenters. The van der Waals surface area contributed by atoms with E-state index < -0.39 is 11.7 Å². The highest BCUT2D eigenvalue weighted by atomic mass is 19.4. The lowest BCUT2D eigenvalue weighted by atomic mass is 10.1. The molecular weight excluding hydrogens is 373 g/mol. The van der Waals surface area contributed by atoms with E-state index in [0.29, 0.717) is 11.4 Å². The minimum absolute atomic E-state index is 0.0410. The number of aryl methyl sites for hydroxylation is 1. The molecule has 9 heteroatoms. The van der Waals surface area contributed by atoms with E-state index in [-0.39, 0.29) is 36.7 Å². The second kappa shape index (κ2) is 8.20.